The molecule has 1 aromatic carbocycles. The van der Waals surface area contributed by atoms with Crippen LogP contribution in [0.4, 0.5) is 5.69 Å². The van der Waals surface area contributed by atoms with Crippen LogP contribution in [0.5, 0.6) is 0 Å². The van der Waals surface area contributed by atoms with Gasteiger partial charge >= 0.3 is 0 Å². The summed E-state index contributed by atoms with van der Waals surface area (Å²) >= 11 is 5.94. The molecule has 3 nitrogen and oxygen atoms in total. The molecule has 0 amide bonds. The van der Waals surface area contributed by atoms with Crippen LogP contribution in [0.3, 0.4) is 0 Å². The molecule has 16 heavy (non-hydrogen) atoms. The summed E-state index contributed by atoms with van der Waals surface area (Å²) in [5, 5.41) is 12.6. The lowest BCUT2D eigenvalue weighted by Crippen LogP contribution is -2.40. The molecule has 0 heterocycles. The maximum Gasteiger partial charge on any atom is 0.101 e. The zero-order chi connectivity index (χ0) is 11.5. The molecule has 0 aromatic heterocycles. The smallest absolute Gasteiger partial charge is 0.101 e. The Bertz CT molecular complexity index is 422. The first-order valence-electron chi connectivity index (χ1n) is 5.22. The molecular weight excluding hydrogens is 224 g/mol. The minimum Gasteiger partial charge on any atom is -0.382 e. The maximum absolute atomic E-state index is 8.74. The number of anilines is 1. The van der Waals surface area contributed by atoms with Gasteiger partial charge in [-0.2, -0.15) is 5.26 Å². The van der Waals surface area contributed by atoms with E-state index in [1.165, 1.54) is 0 Å². The summed E-state index contributed by atoms with van der Waals surface area (Å²) in [6, 6.07) is 7.90. The molecule has 0 radical (unpaired) electrons. The third kappa shape index (κ3) is 2.29. The molecule has 1 fully saturated rings. The highest BCUT2D eigenvalue weighted by molar-refractivity contribution is 6.32. The van der Waals surface area contributed by atoms with Gasteiger partial charge in [-0.25, -0.2) is 0 Å². The second-order valence-electron chi connectivity index (χ2n) is 3.98. The van der Waals surface area contributed by atoms with E-state index in [4.69, 9.17) is 21.6 Å². The first kappa shape index (κ1) is 11.3. The first-order valence-corrected chi connectivity index (χ1v) is 5.59. The Labute approximate surface area is 100.0 Å². The van der Waals surface area contributed by atoms with Crippen molar-refractivity contribution in [2.24, 2.45) is 0 Å². The number of benzene rings is 1. The number of halogens is 1. The Morgan fingerprint density at radius 2 is 2.25 bits per heavy atom. The fourth-order valence-corrected chi connectivity index (χ4v) is 2.03. The maximum atomic E-state index is 8.74. The van der Waals surface area contributed by atoms with Gasteiger partial charge in [-0.15, -0.1) is 0 Å². The van der Waals surface area contributed by atoms with Crippen molar-refractivity contribution in [3.63, 3.8) is 0 Å². The molecule has 0 spiro atoms. The third-order valence-electron chi connectivity index (χ3n) is 2.89. The van der Waals surface area contributed by atoms with Crippen molar-refractivity contribution in [2.45, 2.75) is 25.0 Å². The second-order valence-corrected chi connectivity index (χ2v) is 4.38. The van der Waals surface area contributed by atoms with Crippen LogP contribution in [0.2, 0.25) is 5.02 Å². The number of nitrogens with zero attached hydrogens (tertiary/aromatic N) is 1. The first-order chi connectivity index (χ1) is 7.72. The highest BCUT2D eigenvalue weighted by Crippen LogP contribution is 2.28. The zero-order valence-corrected chi connectivity index (χ0v) is 9.79. The summed E-state index contributed by atoms with van der Waals surface area (Å²) in [5.41, 5.74) is 1.47. The van der Waals surface area contributed by atoms with Crippen LogP contribution in [-0.4, -0.2) is 19.3 Å². The van der Waals surface area contributed by atoms with E-state index in [0.29, 0.717) is 22.7 Å². The van der Waals surface area contributed by atoms with Crippen LogP contribution in [0.25, 0.3) is 0 Å². The molecular formula is C12H13ClN2O. The number of rotatable bonds is 3. The molecule has 1 saturated carbocycles. The Morgan fingerprint density at radius 3 is 2.81 bits per heavy atom. The number of nitrogens with one attached hydrogen (secondary N) is 1. The lowest BCUT2D eigenvalue weighted by molar-refractivity contribution is 0.0329. The van der Waals surface area contributed by atoms with Crippen LogP contribution in [0.1, 0.15) is 18.4 Å². The molecule has 84 valence electrons. The zero-order valence-electron chi connectivity index (χ0n) is 9.03. The highest BCUT2D eigenvalue weighted by Gasteiger charge is 2.28. The standard InChI is InChI=1S/C12H13ClN2O/c1-16-11-4-10(5-11)15-9-3-2-8(7-14)12(13)6-9/h2-3,6,10-11,15H,4-5H2,1H3. The van der Waals surface area contributed by atoms with Crippen LogP contribution >= 0.6 is 11.6 Å². The largest absolute Gasteiger partial charge is 0.382 e. The van der Waals surface area contributed by atoms with Crippen LogP contribution in [-0.2, 0) is 4.74 Å². The SMILES string of the molecule is COC1CC(Nc2ccc(C#N)c(Cl)c2)C1. The van der Waals surface area contributed by atoms with Crippen molar-refractivity contribution in [3.05, 3.63) is 28.8 Å². The Kier molecular flexibility index (Phi) is 3.33. The van der Waals surface area contributed by atoms with Gasteiger partial charge in [-0.1, -0.05) is 11.6 Å². The normalized spacial score (nSPS) is 23.3. The molecule has 0 unspecified atom stereocenters. The van der Waals surface area contributed by atoms with E-state index in [0.717, 1.165) is 18.5 Å². The summed E-state index contributed by atoms with van der Waals surface area (Å²) in [4.78, 5) is 0. The average Bonchev–Trinajstić information content (AvgIpc) is 2.23. The van der Waals surface area contributed by atoms with Crippen LogP contribution < -0.4 is 5.32 Å². The van der Waals surface area contributed by atoms with E-state index in [-0.39, 0.29) is 0 Å². The minimum atomic E-state index is 0.381. The van der Waals surface area contributed by atoms with E-state index in [1.54, 1.807) is 19.2 Å². The molecule has 0 aliphatic heterocycles. The number of nitriles is 1. The Hall–Kier alpha value is -1.24. The lowest BCUT2D eigenvalue weighted by Gasteiger charge is -2.35. The van der Waals surface area contributed by atoms with Gasteiger partial charge in [-0.05, 0) is 31.0 Å². The Morgan fingerprint density at radius 1 is 1.50 bits per heavy atom. The molecule has 1 aliphatic carbocycles. The predicted octanol–water partition coefficient (Wildman–Crippen LogP) is 2.80. The van der Waals surface area contributed by atoms with Crippen LogP contribution in [0, 0.1) is 11.3 Å². The summed E-state index contributed by atoms with van der Waals surface area (Å²) in [7, 11) is 1.74. The molecule has 2 rings (SSSR count). The van der Waals surface area contributed by atoms with Crippen molar-refractivity contribution >= 4 is 17.3 Å². The minimum absolute atomic E-state index is 0.381. The highest BCUT2D eigenvalue weighted by atomic mass is 35.5. The summed E-state index contributed by atoms with van der Waals surface area (Å²) < 4.78 is 5.21. The predicted molar refractivity (Wildman–Crippen MR) is 63.6 cm³/mol. The topological polar surface area (TPSA) is 45.0 Å². The van der Waals surface area contributed by atoms with Crippen molar-refractivity contribution in [1.82, 2.24) is 0 Å². The number of ether oxygens (including phenoxy) is 1. The van der Waals surface area contributed by atoms with Gasteiger partial charge in [0.25, 0.3) is 0 Å². The fourth-order valence-electron chi connectivity index (χ4n) is 1.81. The van der Waals surface area contributed by atoms with E-state index in [2.05, 4.69) is 5.32 Å². The summed E-state index contributed by atoms with van der Waals surface area (Å²) in [6.45, 7) is 0. The molecule has 0 atom stereocenters. The Balaban J connectivity index is 1.96. The second kappa shape index (κ2) is 4.73. The fraction of sp³-hybridized carbons (Fsp3) is 0.417. The van der Waals surface area contributed by atoms with E-state index < -0.39 is 0 Å². The van der Waals surface area contributed by atoms with Gasteiger partial charge in [0, 0.05) is 18.8 Å². The van der Waals surface area contributed by atoms with Crippen molar-refractivity contribution in [2.75, 3.05) is 12.4 Å². The molecule has 4 heteroatoms. The van der Waals surface area contributed by atoms with Gasteiger partial charge < -0.3 is 10.1 Å². The quantitative estimate of drug-likeness (QED) is 0.878. The van der Waals surface area contributed by atoms with E-state index in [1.807, 2.05) is 12.1 Å². The summed E-state index contributed by atoms with van der Waals surface area (Å²) in [5.74, 6) is 0. The number of methoxy groups -OCH3 is 1. The number of hydrogen-bond acceptors (Lipinski definition) is 3. The third-order valence-corrected chi connectivity index (χ3v) is 3.20. The van der Waals surface area contributed by atoms with Gasteiger partial charge in [0.05, 0.1) is 16.7 Å². The van der Waals surface area contributed by atoms with E-state index in [9.17, 15) is 0 Å². The van der Waals surface area contributed by atoms with E-state index >= 15 is 0 Å². The monoisotopic (exact) mass is 236 g/mol. The molecule has 0 saturated heterocycles. The number of hydrogen-bond donors (Lipinski definition) is 1. The van der Waals surface area contributed by atoms with Crippen molar-refractivity contribution in [1.29, 1.82) is 5.26 Å². The molecule has 1 aromatic rings. The summed E-state index contributed by atoms with van der Waals surface area (Å²) in [6.07, 6.45) is 2.42. The molecule has 0 bridgehead atoms. The van der Waals surface area contributed by atoms with Crippen molar-refractivity contribution in [3.8, 4) is 6.07 Å². The van der Waals surface area contributed by atoms with Crippen molar-refractivity contribution < 1.29 is 4.74 Å². The van der Waals surface area contributed by atoms with Gasteiger partial charge in [-0.3, -0.25) is 0 Å². The van der Waals surface area contributed by atoms with Gasteiger partial charge in [0.2, 0.25) is 0 Å². The van der Waals surface area contributed by atoms with Gasteiger partial charge in [0.15, 0.2) is 0 Å². The molecule has 1 aliphatic rings. The molecule has 1 N–H and O–H groups in total. The average molecular weight is 237 g/mol. The van der Waals surface area contributed by atoms with Gasteiger partial charge in [0.1, 0.15) is 6.07 Å². The lowest BCUT2D eigenvalue weighted by atomic mass is 9.89. The van der Waals surface area contributed by atoms with Crippen LogP contribution in [0.15, 0.2) is 18.2 Å².